The summed E-state index contributed by atoms with van der Waals surface area (Å²) >= 11 is 0. The van der Waals surface area contributed by atoms with Crippen LogP contribution in [0.2, 0.25) is 0 Å². The first-order valence-electron chi connectivity index (χ1n) is 10.2. The van der Waals surface area contributed by atoms with Gasteiger partial charge in [-0.2, -0.15) is 0 Å². The monoisotopic (exact) mass is 402 g/mol. The Labute approximate surface area is 176 Å². The smallest absolute Gasteiger partial charge is 0.310 e. The molecule has 5 nitrogen and oxygen atoms in total. The first-order valence-corrected chi connectivity index (χ1v) is 10.2. The number of nitrogens with two attached hydrogens (primary N) is 1. The molecule has 0 saturated carbocycles. The van der Waals surface area contributed by atoms with Gasteiger partial charge in [0.25, 0.3) is 0 Å². The summed E-state index contributed by atoms with van der Waals surface area (Å²) < 4.78 is 11.2. The number of carbonyl (C=O) groups is 1. The van der Waals surface area contributed by atoms with Crippen molar-refractivity contribution in [2.45, 2.75) is 33.0 Å². The lowest BCUT2D eigenvalue weighted by Gasteiger charge is -2.24. The highest BCUT2D eigenvalue weighted by atomic mass is 16.5. The third-order valence-electron chi connectivity index (χ3n) is 5.30. The molecule has 1 heterocycles. The molecule has 0 aliphatic carbocycles. The average molecular weight is 402 g/mol. The van der Waals surface area contributed by atoms with E-state index in [2.05, 4.69) is 35.6 Å². The van der Waals surface area contributed by atoms with Crippen molar-refractivity contribution in [2.24, 2.45) is 5.73 Å². The highest BCUT2D eigenvalue weighted by Gasteiger charge is 2.18. The average Bonchev–Trinajstić information content (AvgIpc) is 2.78. The van der Waals surface area contributed by atoms with Crippen LogP contribution in [0.5, 0.6) is 5.75 Å². The Morgan fingerprint density at radius 2 is 1.87 bits per heavy atom. The molecular formula is C25H26N2O3. The molecule has 0 fully saturated rings. The summed E-state index contributed by atoms with van der Waals surface area (Å²) in [7, 11) is 0. The van der Waals surface area contributed by atoms with E-state index in [1.807, 2.05) is 30.3 Å². The van der Waals surface area contributed by atoms with Crippen LogP contribution in [-0.2, 0) is 35.6 Å². The molecule has 0 radical (unpaired) electrons. The van der Waals surface area contributed by atoms with E-state index in [-0.39, 0.29) is 12.4 Å². The van der Waals surface area contributed by atoms with Crippen molar-refractivity contribution in [3.05, 3.63) is 82.9 Å². The van der Waals surface area contributed by atoms with E-state index in [1.54, 1.807) is 6.92 Å². The number of esters is 1. The van der Waals surface area contributed by atoms with Gasteiger partial charge in [0, 0.05) is 29.9 Å². The van der Waals surface area contributed by atoms with Crippen molar-refractivity contribution in [3.8, 4) is 16.9 Å². The van der Waals surface area contributed by atoms with Crippen molar-refractivity contribution in [1.82, 2.24) is 0 Å². The molecule has 0 amide bonds. The van der Waals surface area contributed by atoms with Crippen LogP contribution in [0, 0.1) is 0 Å². The van der Waals surface area contributed by atoms with Crippen LogP contribution >= 0.6 is 0 Å². The molecule has 30 heavy (non-hydrogen) atoms. The second-order valence-electron chi connectivity index (χ2n) is 7.27. The quantitative estimate of drug-likeness (QED) is 0.572. The van der Waals surface area contributed by atoms with E-state index in [0.717, 1.165) is 28.9 Å². The number of rotatable bonds is 7. The van der Waals surface area contributed by atoms with Crippen molar-refractivity contribution < 1.29 is 14.3 Å². The highest BCUT2D eigenvalue weighted by Crippen LogP contribution is 2.38. The van der Waals surface area contributed by atoms with E-state index in [1.165, 1.54) is 16.7 Å². The Balaban J connectivity index is 1.55. The van der Waals surface area contributed by atoms with Crippen LogP contribution < -0.4 is 15.8 Å². The van der Waals surface area contributed by atoms with Gasteiger partial charge in [0.2, 0.25) is 0 Å². The SMILES string of the molecule is CCOC(=O)Cc1ccccc1OCc1ccc2c(c1)-c1cccc(CN)c1NC2. The van der Waals surface area contributed by atoms with Gasteiger partial charge in [-0.1, -0.05) is 48.5 Å². The molecule has 3 aromatic rings. The summed E-state index contributed by atoms with van der Waals surface area (Å²) in [4.78, 5) is 11.9. The maximum absolute atomic E-state index is 11.9. The Morgan fingerprint density at radius 1 is 1.03 bits per heavy atom. The summed E-state index contributed by atoms with van der Waals surface area (Å²) in [5, 5.41) is 3.50. The summed E-state index contributed by atoms with van der Waals surface area (Å²) in [5.74, 6) is 0.456. The van der Waals surface area contributed by atoms with Crippen LogP contribution in [0.15, 0.2) is 60.7 Å². The maximum Gasteiger partial charge on any atom is 0.310 e. The van der Waals surface area contributed by atoms with E-state index >= 15 is 0 Å². The molecule has 0 aromatic heterocycles. The predicted octanol–water partition coefficient (Wildman–Crippen LogP) is 4.42. The van der Waals surface area contributed by atoms with E-state index in [0.29, 0.717) is 25.5 Å². The van der Waals surface area contributed by atoms with Gasteiger partial charge in [-0.25, -0.2) is 0 Å². The molecule has 3 N–H and O–H groups in total. The molecular weight excluding hydrogens is 376 g/mol. The van der Waals surface area contributed by atoms with Crippen molar-refractivity contribution >= 4 is 11.7 Å². The zero-order valence-corrected chi connectivity index (χ0v) is 17.1. The van der Waals surface area contributed by atoms with Crippen molar-refractivity contribution in [3.63, 3.8) is 0 Å². The van der Waals surface area contributed by atoms with Gasteiger partial charge in [0.05, 0.1) is 13.0 Å². The normalized spacial score (nSPS) is 11.8. The summed E-state index contributed by atoms with van der Waals surface area (Å²) in [6, 6.07) is 20.2. The topological polar surface area (TPSA) is 73.6 Å². The van der Waals surface area contributed by atoms with Crippen molar-refractivity contribution in [2.75, 3.05) is 11.9 Å². The Bertz CT molecular complexity index is 1060. The van der Waals surface area contributed by atoms with Gasteiger partial charge in [-0.05, 0) is 41.3 Å². The number of nitrogens with one attached hydrogen (secondary N) is 1. The molecule has 0 bridgehead atoms. The van der Waals surface area contributed by atoms with Gasteiger partial charge in [-0.3, -0.25) is 4.79 Å². The lowest BCUT2D eigenvalue weighted by atomic mass is 9.91. The highest BCUT2D eigenvalue weighted by molar-refractivity contribution is 5.85. The second-order valence-corrected chi connectivity index (χ2v) is 7.27. The van der Waals surface area contributed by atoms with Crippen LogP contribution in [0.3, 0.4) is 0 Å². The van der Waals surface area contributed by atoms with E-state index < -0.39 is 0 Å². The first-order chi connectivity index (χ1) is 14.7. The van der Waals surface area contributed by atoms with E-state index in [4.69, 9.17) is 15.2 Å². The molecule has 1 aliphatic rings. The largest absolute Gasteiger partial charge is 0.489 e. The fourth-order valence-electron chi connectivity index (χ4n) is 3.82. The Morgan fingerprint density at radius 3 is 2.70 bits per heavy atom. The number of carbonyl (C=O) groups excluding carboxylic acids is 1. The third kappa shape index (κ3) is 4.16. The zero-order chi connectivity index (χ0) is 20.9. The molecule has 4 rings (SSSR count). The lowest BCUT2D eigenvalue weighted by Crippen LogP contribution is -2.13. The molecule has 0 saturated heterocycles. The summed E-state index contributed by atoms with van der Waals surface area (Å²) in [6.45, 7) is 3.89. The fourth-order valence-corrected chi connectivity index (χ4v) is 3.82. The maximum atomic E-state index is 11.9. The standard InChI is InChI=1S/C25H26N2O3/c1-2-29-24(28)13-18-6-3-4-9-23(18)30-16-17-10-11-20-15-27-25-19(14-26)7-5-8-21(25)22(20)12-17/h3-12,27H,2,13-16,26H2,1H3. The number of benzene rings is 3. The molecule has 0 atom stereocenters. The van der Waals surface area contributed by atoms with Crippen LogP contribution in [0.4, 0.5) is 5.69 Å². The van der Waals surface area contributed by atoms with Crippen molar-refractivity contribution in [1.29, 1.82) is 0 Å². The molecule has 1 aliphatic heterocycles. The van der Waals surface area contributed by atoms with Gasteiger partial charge in [0.15, 0.2) is 0 Å². The molecule has 0 unspecified atom stereocenters. The first kappa shape index (κ1) is 20.0. The Kier molecular flexibility index (Phi) is 6.00. The minimum atomic E-state index is -0.248. The minimum absolute atomic E-state index is 0.203. The molecule has 0 spiro atoms. The molecule has 5 heteroatoms. The number of hydrogen-bond acceptors (Lipinski definition) is 5. The summed E-state index contributed by atoms with van der Waals surface area (Å²) in [6.07, 6.45) is 0.203. The number of fused-ring (bicyclic) bond motifs is 3. The van der Waals surface area contributed by atoms with Gasteiger partial charge in [-0.15, -0.1) is 0 Å². The number of anilines is 1. The third-order valence-corrected chi connectivity index (χ3v) is 5.30. The number of ether oxygens (including phenoxy) is 2. The van der Waals surface area contributed by atoms with Gasteiger partial charge < -0.3 is 20.5 Å². The molecule has 3 aromatic carbocycles. The van der Waals surface area contributed by atoms with Gasteiger partial charge in [0.1, 0.15) is 12.4 Å². The predicted molar refractivity (Wildman–Crippen MR) is 118 cm³/mol. The zero-order valence-electron chi connectivity index (χ0n) is 17.1. The van der Waals surface area contributed by atoms with E-state index in [9.17, 15) is 4.79 Å². The number of para-hydroxylation sites is 2. The fraction of sp³-hybridized carbons (Fsp3) is 0.240. The number of hydrogen-bond donors (Lipinski definition) is 2. The Hall–Kier alpha value is -3.31. The van der Waals surface area contributed by atoms with Crippen LogP contribution in [0.1, 0.15) is 29.2 Å². The van der Waals surface area contributed by atoms with Crippen LogP contribution in [-0.4, -0.2) is 12.6 Å². The lowest BCUT2D eigenvalue weighted by molar-refractivity contribution is -0.142. The summed E-state index contributed by atoms with van der Waals surface area (Å²) in [5.41, 5.74) is 13.7. The molecule has 154 valence electrons. The minimum Gasteiger partial charge on any atom is -0.489 e. The van der Waals surface area contributed by atoms with Crippen LogP contribution in [0.25, 0.3) is 11.1 Å². The van der Waals surface area contributed by atoms with Gasteiger partial charge >= 0.3 is 5.97 Å². The second kappa shape index (κ2) is 9.01.